The lowest BCUT2D eigenvalue weighted by atomic mass is 10.4. The number of nitrogens with zero attached hydrogens (tertiary/aromatic N) is 6. The molecule has 0 fully saturated rings. The van der Waals surface area contributed by atoms with Crippen molar-refractivity contribution in [2.24, 2.45) is 0 Å². The zero-order valence-corrected chi connectivity index (χ0v) is 13.9. The molecule has 0 bridgehead atoms. The number of rotatable bonds is 6. The van der Waals surface area contributed by atoms with Gasteiger partial charge in [-0.05, 0) is 19.9 Å². The first-order valence-electron chi connectivity index (χ1n) is 7.56. The number of anilines is 1. The summed E-state index contributed by atoms with van der Waals surface area (Å²) in [4.78, 5) is 20.8. The van der Waals surface area contributed by atoms with Crippen molar-refractivity contribution in [2.75, 3.05) is 19.0 Å². The van der Waals surface area contributed by atoms with E-state index in [0.717, 1.165) is 11.4 Å². The summed E-state index contributed by atoms with van der Waals surface area (Å²) >= 11 is 0. The number of ether oxygens (including phenoxy) is 1. The first-order chi connectivity index (χ1) is 11.5. The van der Waals surface area contributed by atoms with Crippen LogP contribution in [0.4, 0.5) is 5.69 Å². The molecular formula is C15H19N7O2. The lowest BCUT2D eigenvalue weighted by Crippen LogP contribution is -2.15. The standard InChI is InChI=1S/C15H19N7O2/c1-10-6-11(2)22-15(17-10)19-13(20-22)7-14(23)18-12-8-16-21(9-12)4-5-24-3/h6,8-9H,4-5,7H2,1-3H3,(H,18,23). The fourth-order valence-corrected chi connectivity index (χ4v) is 2.37. The van der Waals surface area contributed by atoms with E-state index in [1.807, 2.05) is 19.9 Å². The van der Waals surface area contributed by atoms with E-state index in [9.17, 15) is 4.79 Å². The van der Waals surface area contributed by atoms with E-state index in [-0.39, 0.29) is 12.3 Å². The summed E-state index contributed by atoms with van der Waals surface area (Å²) in [5, 5.41) is 11.3. The molecule has 126 valence electrons. The van der Waals surface area contributed by atoms with Crippen molar-refractivity contribution in [1.29, 1.82) is 0 Å². The van der Waals surface area contributed by atoms with Crippen LogP contribution in [0.3, 0.4) is 0 Å². The van der Waals surface area contributed by atoms with Gasteiger partial charge in [0.15, 0.2) is 5.82 Å². The SMILES string of the molecule is COCCn1cc(NC(=O)Cc2nc3nc(C)cc(C)n3n2)cn1. The van der Waals surface area contributed by atoms with E-state index < -0.39 is 0 Å². The molecule has 9 heteroatoms. The Bertz CT molecular complexity index is 868. The Labute approximate surface area is 138 Å². The van der Waals surface area contributed by atoms with Gasteiger partial charge < -0.3 is 10.1 Å². The zero-order chi connectivity index (χ0) is 17.1. The highest BCUT2D eigenvalue weighted by Crippen LogP contribution is 2.08. The number of carbonyl (C=O) groups is 1. The van der Waals surface area contributed by atoms with Gasteiger partial charge in [0, 0.05) is 24.7 Å². The van der Waals surface area contributed by atoms with Crippen molar-refractivity contribution in [1.82, 2.24) is 29.4 Å². The molecule has 1 amide bonds. The quantitative estimate of drug-likeness (QED) is 0.717. The summed E-state index contributed by atoms with van der Waals surface area (Å²) in [6.45, 7) is 5.01. The number of hydrogen-bond acceptors (Lipinski definition) is 6. The van der Waals surface area contributed by atoms with Crippen LogP contribution in [0.2, 0.25) is 0 Å². The Hall–Kier alpha value is -2.81. The van der Waals surface area contributed by atoms with Crippen LogP contribution < -0.4 is 5.32 Å². The van der Waals surface area contributed by atoms with Gasteiger partial charge in [0.2, 0.25) is 5.91 Å². The third-order valence-corrected chi connectivity index (χ3v) is 3.42. The topological polar surface area (TPSA) is 99.2 Å². The van der Waals surface area contributed by atoms with Crippen LogP contribution >= 0.6 is 0 Å². The molecule has 0 aliphatic carbocycles. The van der Waals surface area contributed by atoms with Gasteiger partial charge in [-0.15, -0.1) is 5.10 Å². The van der Waals surface area contributed by atoms with Crippen LogP contribution in [0.5, 0.6) is 0 Å². The predicted octanol–water partition coefficient (Wildman–Crippen LogP) is 0.765. The van der Waals surface area contributed by atoms with Crippen molar-refractivity contribution in [3.05, 3.63) is 35.7 Å². The highest BCUT2D eigenvalue weighted by Gasteiger charge is 2.12. The van der Waals surface area contributed by atoms with Crippen LogP contribution in [-0.2, 0) is 22.5 Å². The molecule has 24 heavy (non-hydrogen) atoms. The average Bonchev–Trinajstić information content (AvgIpc) is 3.11. The molecule has 9 nitrogen and oxygen atoms in total. The summed E-state index contributed by atoms with van der Waals surface area (Å²) in [5.74, 6) is 0.731. The smallest absolute Gasteiger partial charge is 0.252 e. The van der Waals surface area contributed by atoms with Gasteiger partial charge in [-0.2, -0.15) is 10.1 Å². The Morgan fingerprint density at radius 1 is 1.33 bits per heavy atom. The minimum absolute atomic E-state index is 0.0745. The van der Waals surface area contributed by atoms with E-state index in [0.29, 0.717) is 30.4 Å². The summed E-state index contributed by atoms with van der Waals surface area (Å²) < 4.78 is 8.33. The first-order valence-corrected chi connectivity index (χ1v) is 7.56. The summed E-state index contributed by atoms with van der Waals surface area (Å²) in [5.41, 5.74) is 2.42. The van der Waals surface area contributed by atoms with Gasteiger partial charge in [-0.25, -0.2) is 9.50 Å². The van der Waals surface area contributed by atoms with E-state index in [2.05, 4.69) is 25.5 Å². The fourth-order valence-electron chi connectivity index (χ4n) is 2.37. The highest BCUT2D eigenvalue weighted by molar-refractivity contribution is 5.91. The fraction of sp³-hybridized carbons (Fsp3) is 0.400. The van der Waals surface area contributed by atoms with Crippen LogP contribution in [-0.4, -0.2) is 49.0 Å². The highest BCUT2D eigenvalue weighted by atomic mass is 16.5. The first kappa shape index (κ1) is 16.1. The molecule has 3 aromatic heterocycles. The Morgan fingerprint density at radius 2 is 2.17 bits per heavy atom. The number of nitrogens with one attached hydrogen (secondary N) is 1. The molecule has 0 atom stereocenters. The molecule has 0 aliphatic heterocycles. The van der Waals surface area contributed by atoms with Crippen LogP contribution in [0.1, 0.15) is 17.2 Å². The molecule has 3 rings (SSSR count). The molecule has 3 heterocycles. The lowest BCUT2D eigenvalue weighted by molar-refractivity contribution is -0.115. The zero-order valence-electron chi connectivity index (χ0n) is 13.9. The second-order valence-corrected chi connectivity index (χ2v) is 5.49. The normalized spacial score (nSPS) is 11.1. The minimum atomic E-state index is -0.202. The number of methoxy groups -OCH3 is 1. The Morgan fingerprint density at radius 3 is 2.96 bits per heavy atom. The molecule has 3 aromatic rings. The Kier molecular flexibility index (Phi) is 4.52. The van der Waals surface area contributed by atoms with E-state index in [4.69, 9.17) is 4.74 Å². The van der Waals surface area contributed by atoms with E-state index in [1.165, 1.54) is 0 Å². The summed E-state index contributed by atoms with van der Waals surface area (Å²) in [6.07, 6.45) is 3.42. The number of fused-ring (bicyclic) bond motifs is 1. The van der Waals surface area contributed by atoms with Gasteiger partial charge >= 0.3 is 0 Å². The van der Waals surface area contributed by atoms with E-state index in [1.54, 1.807) is 28.7 Å². The number of amides is 1. The van der Waals surface area contributed by atoms with Gasteiger partial charge in [0.05, 0.1) is 31.5 Å². The minimum Gasteiger partial charge on any atom is -0.383 e. The predicted molar refractivity (Wildman–Crippen MR) is 86.7 cm³/mol. The van der Waals surface area contributed by atoms with Crippen molar-refractivity contribution >= 4 is 17.4 Å². The van der Waals surface area contributed by atoms with Gasteiger partial charge in [-0.1, -0.05) is 0 Å². The molecule has 0 saturated heterocycles. The van der Waals surface area contributed by atoms with Gasteiger partial charge in [0.1, 0.15) is 0 Å². The molecule has 0 aliphatic rings. The molecular weight excluding hydrogens is 310 g/mol. The van der Waals surface area contributed by atoms with Crippen LogP contribution in [0.25, 0.3) is 5.78 Å². The number of hydrogen-bond donors (Lipinski definition) is 1. The van der Waals surface area contributed by atoms with E-state index >= 15 is 0 Å². The third kappa shape index (κ3) is 3.57. The van der Waals surface area contributed by atoms with Crippen molar-refractivity contribution in [3.8, 4) is 0 Å². The third-order valence-electron chi connectivity index (χ3n) is 3.42. The Balaban J connectivity index is 1.66. The maximum absolute atomic E-state index is 12.2. The molecule has 0 radical (unpaired) electrons. The summed E-state index contributed by atoms with van der Waals surface area (Å²) in [6, 6.07) is 1.92. The van der Waals surface area contributed by atoms with Gasteiger partial charge in [-0.3, -0.25) is 9.48 Å². The van der Waals surface area contributed by atoms with Crippen molar-refractivity contribution in [2.45, 2.75) is 26.8 Å². The van der Waals surface area contributed by atoms with Crippen molar-refractivity contribution < 1.29 is 9.53 Å². The monoisotopic (exact) mass is 329 g/mol. The van der Waals surface area contributed by atoms with Gasteiger partial charge in [0.25, 0.3) is 5.78 Å². The molecule has 0 spiro atoms. The van der Waals surface area contributed by atoms with Crippen LogP contribution in [0.15, 0.2) is 18.5 Å². The van der Waals surface area contributed by atoms with Crippen LogP contribution in [0, 0.1) is 13.8 Å². The average molecular weight is 329 g/mol. The maximum atomic E-state index is 12.2. The molecule has 0 aromatic carbocycles. The molecule has 0 saturated carbocycles. The number of aryl methyl sites for hydroxylation is 2. The maximum Gasteiger partial charge on any atom is 0.252 e. The number of carbonyl (C=O) groups excluding carboxylic acids is 1. The number of aromatic nitrogens is 6. The van der Waals surface area contributed by atoms with Crippen molar-refractivity contribution in [3.63, 3.8) is 0 Å². The largest absolute Gasteiger partial charge is 0.383 e. The molecule has 0 unspecified atom stereocenters. The second kappa shape index (κ2) is 6.75. The lowest BCUT2D eigenvalue weighted by Gasteiger charge is -2.00. The summed E-state index contributed by atoms with van der Waals surface area (Å²) in [7, 11) is 1.63. The molecule has 1 N–H and O–H groups in total. The second-order valence-electron chi connectivity index (χ2n) is 5.49.